The van der Waals surface area contributed by atoms with Gasteiger partial charge in [-0.25, -0.2) is 13.9 Å². The summed E-state index contributed by atoms with van der Waals surface area (Å²) in [6, 6.07) is 4.60. The van der Waals surface area contributed by atoms with Crippen molar-refractivity contribution in [3.8, 4) is 5.69 Å². The summed E-state index contributed by atoms with van der Waals surface area (Å²) in [5.41, 5.74) is 0.378. The average Bonchev–Trinajstić information content (AvgIpc) is 2.47. The highest BCUT2D eigenvalue weighted by Gasteiger charge is 2.18. The molecule has 0 atom stereocenters. The number of carbonyl (C=O) groups excluding carboxylic acids is 1. The van der Waals surface area contributed by atoms with Crippen LogP contribution in [0.1, 0.15) is 28.5 Å². The summed E-state index contributed by atoms with van der Waals surface area (Å²) in [5.74, 6) is -1.32. The number of para-hydroxylation sites is 1. The number of esters is 1. The molecule has 0 unspecified atom stereocenters. The van der Waals surface area contributed by atoms with Crippen LogP contribution in [-0.2, 0) is 11.2 Å². The SMILES string of the molecule is CCc1cn(-c2c(C)cccc2F)nc(C(=O)OC)c1=O. The largest absolute Gasteiger partial charge is 0.464 e. The molecule has 1 aromatic carbocycles. The molecule has 0 aliphatic carbocycles. The molecule has 1 aromatic heterocycles. The summed E-state index contributed by atoms with van der Waals surface area (Å²) in [5, 5.41) is 3.93. The summed E-state index contributed by atoms with van der Waals surface area (Å²) in [7, 11) is 1.17. The van der Waals surface area contributed by atoms with E-state index in [0.29, 0.717) is 17.5 Å². The summed E-state index contributed by atoms with van der Waals surface area (Å²) >= 11 is 0. The van der Waals surface area contributed by atoms with Crippen LogP contribution in [-0.4, -0.2) is 22.9 Å². The molecular formula is C15H15FN2O3. The number of aromatic nitrogens is 2. The molecule has 0 fully saturated rings. The zero-order chi connectivity index (χ0) is 15.6. The van der Waals surface area contributed by atoms with Crippen molar-refractivity contribution in [1.29, 1.82) is 0 Å². The van der Waals surface area contributed by atoms with Crippen molar-refractivity contribution in [3.63, 3.8) is 0 Å². The summed E-state index contributed by atoms with van der Waals surface area (Å²) in [6.07, 6.45) is 1.85. The molecule has 0 spiro atoms. The normalized spacial score (nSPS) is 10.5. The van der Waals surface area contributed by atoms with Crippen LogP contribution >= 0.6 is 0 Å². The number of carbonyl (C=O) groups is 1. The fraction of sp³-hybridized carbons (Fsp3) is 0.267. The second-order valence-electron chi connectivity index (χ2n) is 4.53. The van der Waals surface area contributed by atoms with Gasteiger partial charge in [-0.1, -0.05) is 19.1 Å². The lowest BCUT2D eigenvalue weighted by Gasteiger charge is -2.12. The van der Waals surface area contributed by atoms with Crippen molar-refractivity contribution in [3.05, 3.63) is 57.3 Å². The minimum atomic E-state index is -0.835. The Bertz CT molecular complexity index is 733. The number of nitrogens with zero attached hydrogens (tertiary/aromatic N) is 2. The molecule has 21 heavy (non-hydrogen) atoms. The number of ether oxygens (including phenoxy) is 1. The maximum atomic E-state index is 14.0. The Morgan fingerprint density at radius 1 is 1.43 bits per heavy atom. The number of hydrogen-bond donors (Lipinski definition) is 0. The highest BCUT2D eigenvalue weighted by Crippen LogP contribution is 2.17. The first-order chi connectivity index (χ1) is 9.99. The van der Waals surface area contributed by atoms with E-state index in [0.717, 1.165) is 0 Å². The standard InChI is InChI=1S/C15H15FN2O3/c1-4-10-8-18(13-9(2)6-5-7-11(13)16)17-12(14(10)19)15(20)21-3/h5-8H,4H2,1-3H3. The van der Waals surface area contributed by atoms with Gasteiger partial charge in [0.15, 0.2) is 0 Å². The lowest BCUT2D eigenvalue weighted by molar-refractivity contribution is 0.0590. The predicted octanol–water partition coefficient (Wildman–Crippen LogP) is 2.03. The van der Waals surface area contributed by atoms with Crippen LogP contribution in [0.15, 0.2) is 29.2 Å². The molecule has 2 rings (SSSR count). The Morgan fingerprint density at radius 3 is 2.71 bits per heavy atom. The first-order valence-electron chi connectivity index (χ1n) is 6.46. The molecule has 0 aliphatic rings. The molecule has 2 aromatic rings. The first-order valence-corrected chi connectivity index (χ1v) is 6.46. The third kappa shape index (κ3) is 2.69. The average molecular weight is 290 g/mol. The maximum Gasteiger partial charge on any atom is 0.362 e. The Morgan fingerprint density at radius 2 is 2.14 bits per heavy atom. The van der Waals surface area contributed by atoms with Gasteiger partial charge in [0, 0.05) is 11.8 Å². The molecule has 0 bridgehead atoms. The van der Waals surface area contributed by atoms with Crippen LogP contribution in [0.4, 0.5) is 4.39 Å². The van der Waals surface area contributed by atoms with Gasteiger partial charge in [0.2, 0.25) is 11.1 Å². The van der Waals surface area contributed by atoms with Gasteiger partial charge in [0.1, 0.15) is 11.5 Å². The maximum absolute atomic E-state index is 14.0. The van der Waals surface area contributed by atoms with E-state index >= 15 is 0 Å². The van der Waals surface area contributed by atoms with Gasteiger partial charge in [-0.3, -0.25) is 4.79 Å². The molecule has 0 aliphatic heterocycles. The Hall–Kier alpha value is -2.50. The van der Waals surface area contributed by atoms with Crippen molar-refractivity contribution in [1.82, 2.24) is 9.78 Å². The highest BCUT2D eigenvalue weighted by molar-refractivity contribution is 5.87. The van der Waals surface area contributed by atoms with Gasteiger partial charge in [0.25, 0.3) is 0 Å². The van der Waals surface area contributed by atoms with Gasteiger partial charge in [-0.2, -0.15) is 5.10 Å². The lowest BCUT2D eigenvalue weighted by Crippen LogP contribution is -2.26. The molecule has 5 nitrogen and oxygen atoms in total. The molecule has 0 amide bonds. The van der Waals surface area contributed by atoms with Crippen LogP contribution in [0.5, 0.6) is 0 Å². The zero-order valence-corrected chi connectivity index (χ0v) is 12.0. The summed E-state index contributed by atoms with van der Waals surface area (Å²) in [6.45, 7) is 3.50. The molecule has 0 saturated carbocycles. The van der Waals surface area contributed by atoms with Gasteiger partial charge in [-0.05, 0) is 25.0 Å². The molecular weight excluding hydrogens is 275 g/mol. The Labute approximate surface area is 121 Å². The monoisotopic (exact) mass is 290 g/mol. The zero-order valence-electron chi connectivity index (χ0n) is 12.0. The van der Waals surface area contributed by atoms with E-state index in [-0.39, 0.29) is 11.4 Å². The topological polar surface area (TPSA) is 61.2 Å². The minimum absolute atomic E-state index is 0.206. The van der Waals surface area contributed by atoms with E-state index in [4.69, 9.17) is 0 Å². The van der Waals surface area contributed by atoms with E-state index in [1.807, 2.05) is 0 Å². The van der Waals surface area contributed by atoms with Crippen molar-refractivity contribution < 1.29 is 13.9 Å². The van der Waals surface area contributed by atoms with Crippen LogP contribution in [0, 0.1) is 12.7 Å². The van der Waals surface area contributed by atoms with Crippen LogP contribution in [0.2, 0.25) is 0 Å². The number of benzene rings is 1. The van der Waals surface area contributed by atoms with E-state index < -0.39 is 17.2 Å². The van der Waals surface area contributed by atoms with E-state index in [9.17, 15) is 14.0 Å². The summed E-state index contributed by atoms with van der Waals surface area (Å²) < 4.78 is 19.8. The van der Waals surface area contributed by atoms with E-state index in [2.05, 4.69) is 9.84 Å². The van der Waals surface area contributed by atoms with Crippen molar-refractivity contribution in [2.45, 2.75) is 20.3 Å². The van der Waals surface area contributed by atoms with Crippen molar-refractivity contribution >= 4 is 5.97 Å². The number of rotatable bonds is 3. The fourth-order valence-corrected chi connectivity index (χ4v) is 2.05. The van der Waals surface area contributed by atoms with Gasteiger partial charge in [0.05, 0.1) is 7.11 Å². The van der Waals surface area contributed by atoms with E-state index in [1.165, 1.54) is 24.1 Å². The Balaban J connectivity index is 2.76. The third-order valence-corrected chi connectivity index (χ3v) is 3.17. The number of halogens is 1. The Kier molecular flexibility index (Phi) is 4.16. The number of aryl methyl sites for hydroxylation is 2. The summed E-state index contributed by atoms with van der Waals surface area (Å²) in [4.78, 5) is 23.7. The number of hydrogen-bond acceptors (Lipinski definition) is 4. The molecule has 6 heteroatoms. The number of methoxy groups -OCH3 is 1. The minimum Gasteiger partial charge on any atom is -0.464 e. The smallest absolute Gasteiger partial charge is 0.362 e. The van der Waals surface area contributed by atoms with E-state index in [1.54, 1.807) is 26.0 Å². The van der Waals surface area contributed by atoms with Gasteiger partial charge < -0.3 is 4.74 Å². The third-order valence-electron chi connectivity index (χ3n) is 3.17. The van der Waals surface area contributed by atoms with Crippen molar-refractivity contribution in [2.75, 3.05) is 7.11 Å². The van der Waals surface area contributed by atoms with Crippen LogP contribution < -0.4 is 5.43 Å². The molecule has 0 saturated heterocycles. The van der Waals surface area contributed by atoms with Gasteiger partial charge in [-0.15, -0.1) is 0 Å². The highest BCUT2D eigenvalue weighted by atomic mass is 19.1. The predicted molar refractivity (Wildman–Crippen MR) is 75.2 cm³/mol. The second kappa shape index (κ2) is 5.87. The van der Waals surface area contributed by atoms with Crippen molar-refractivity contribution in [2.24, 2.45) is 0 Å². The fourth-order valence-electron chi connectivity index (χ4n) is 2.05. The molecule has 1 heterocycles. The molecule has 0 N–H and O–H groups in total. The van der Waals surface area contributed by atoms with Crippen LogP contribution in [0.3, 0.4) is 0 Å². The lowest BCUT2D eigenvalue weighted by atomic mass is 10.1. The van der Waals surface area contributed by atoms with Gasteiger partial charge >= 0.3 is 5.97 Å². The quantitative estimate of drug-likeness (QED) is 0.811. The van der Waals surface area contributed by atoms with Crippen LogP contribution in [0.25, 0.3) is 5.69 Å². The first kappa shape index (κ1) is 14.9. The molecule has 110 valence electrons. The second-order valence-corrected chi connectivity index (χ2v) is 4.53. The molecule has 0 radical (unpaired) electrons.